The number of amides is 1. The quantitative estimate of drug-likeness (QED) is 0.812. The minimum atomic E-state index is -0.338. The van der Waals surface area contributed by atoms with Gasteiger partial charge in [-0.25, -0.2) is 0 Å². The number of likely N-dealkylation sites (N-methyl/N-ethyl adjacent to an activating group) is 1. The maximum Gasteiger partial charge on any atom is 0.245 e. The summed E-state index contributed by atoms with van der Waals surface area (Å²) in [5.41, 5.74) is 0.914. The smallest absolute Gasteiger partial charge is 0.245 e. The molecule has 1 heterocycles. The summed E-state index contributed by atoms with van der Waals surface area (Å²) >= 11 is 0. The number of para-hydroxylation sites is 1. The first kappa shape index (κ1) is 13.6. The molecule has 4 heteroatoms. The van der Waals surface area contributed by atoms with Crippen molar-refractivity contribution in [1.29, 1.82) is 5.26 Å². The molecule has 0 N–H and O–H groups in total. The highest BCUT2D eigenvalue weighted by Gasteiger charge is 2.33. The molecule has 0 aliphatic carbocycles. The Morgan fingerprint density at radius 1 is 1.32 bits per heavy atom. The molecule has 4 nitrogen and oxygen atoms in total. The summed E-state index contributed by atoms with van der Waals surface area (Å²) in [6, 6.07) is 11.5. The second kappa shape index (κ2) is 5.85. The number of nitrogens with zero attached hydrogens (tertiary/aromatic N) is 3. The molecule has 1 aromatic rings. The number of hydrogen-bond donors (Lipinski definition) is 0. The molecule has 100 valence electrons. The van der Waals surface area contributed by atoms with Crippen LogP contribution in [0.4, 0.5) is 5.69 Å². The molecule has 0 bridgehead atoms. The predicted molar refractivity (Wildman–Crippen MR) is 74.6 cm³/mol. The Bertz CT molecular complexity index is 480. The third-order valence-electron chi connectivity index (χ3n) is 3.53. The van der Waals surface area contributed by atoms with E-state index >= 15 is 0 Å². The van der Waals surface area contributed by atoms with Crippen LogP contribution < -0.4 is 4.90 Å². The van der Waals surface area contributed by atoms with E-state index in [9.17, 15) is 4.79 Å². The number of carbonyl (C=O) groups is 1. The van der Waals surface area contributed by atoms with Gasteiger partial charge in [0.2, 0.25) is 5.91 Å². The monoisotopic (exact) mass is 257 g/mol. The van der Waals surface area contributed by atoms with Crippen molar-refractivity contribution < 1.29 is 4.79 Å². The van der Waals surface area contributed by atoms with Crippen LogP contribution in [-0.2, 0) is 4.79 Å². The molecule has 2 rings (SSSR count). The second-order valence-corrected chi connectivity index (χ2v) is 5.21. The Balaban J connectivity index is 2.32. The largest absolute Gasteiger partial charge is 0.311 e. The fraction of sp³-hybridized carbons (Fsp3) is 0.467. The lowest BCUT2D eigenvalue weighted by Gasteiger charge is -2.26. The Morgan fingerprint density at radius 3 is 2.63 bits per heavy atom. The lowest BCUT2D eigenvalue weighted by atomic mass is 10.1. The summed E-state index contributed by atoms with van der Waals surface area (Å²) in [6.07, 6.45) is 0.241. The molecule has 0 radical (unpaired) electrons. The van der Waals surface area contributed by atoms with E-state index < -0.39 is 0 Å². The Morgan fingerprint density at radius 2 is 2.00 bits per heavy atom. The van der Waals surface area contributed by atoms with Gasteiger partial charge in [-0.2, -0.15) is 5.26 Å². The van der Waals surface area contributed by atoms with Gasteiger partial charge in [-0.15, -0.1) is 0 Å². The molecule has 1 aromatic carbocycles. The SMILES string of the molecule is CC1CN(c2ccccc2)C(=O)C(CC#N)N(C)C1. The molecular formula is C15H19N3O. The summed E-state index contributed by atoms with van der Waals surface area (Å²) in [5.74, 6) is 0.414. The molecule has 1 aliphatic rings. The van der Waals surface area contributed by atoms with Gasteiger partial charge in [0.05, 0.1) is 12.5 Å². The van der Waals surface area contributed by atoms with Crippen LogP contribution in [-0.4, -0.2) is 37.0 Å². The van der Waals surface area contributed by atoms with Crippen molar-refractivity contribution in [2.75, 3.05) is 25.0 Å². The molecule has 2 atom stereocenters. The highest BCUT2D eigenvalue weighted by atomic mass is 16.2. The van der Waals surface area contributed by atoms with E-state index in [0.717, 1.165) is 12.2 Å². The Labute approximate surface area is 114 Å². The lowest BCUT2D eigenvalue weighted by Crippen LogP contribution is -2.44. The van der Waals surface area contributed by atoms with Crippen molar-refractivity contribution in [1.82, 2.24) is 4.90 Å². The van der Waals surface area contributed by atoms with Crippen molar-refractivity contribution in [3.63, 3.8) is 0 Å². The van der Waals surface area contributed by atoms with Gasteiger partial charge in [0.25, 0.3) is 0 Å². The summed E-state index contributed by atoms with van der Waals surface area (Å²) < 4.78 is 0. The zero-order valence-electron chi connectivity index (χ0n) is 11.4. The Hall–Kier alpha value is -1.86. The van der Waals surface area contributed by atoms with Crippen LogP contribution in [0.1, 0.15) is 13.3 Å². The zero-order valence-corrected chi connectivity index (χ0v) is 11.4. The van der Waals surface area contributed by atoms with Crippen molar-refractivity contribution >= 4 is 11.6 Å². The van der Waals surface area contributed by atoms with Gasteiger partial charge < -0.3 is 4.90 Å². The normalized spacial score (nSPS) is 24.9. The van der Waals surface area contributed by atoms with E-state index in [1.165, 1.54) is 0 Å². The maximum absolute atomic E-state index is 12.6. The van der Waals surface area contributed by atoms with Crippen LogP contribution in [0, 0.1) is 17.2 Å². The van der Waals surface area contributed by atoms with Gasteiger partial charge in [-0.05, 0) is 25.1 Å². The van der Waals surface area contributed by atoms with Gasteiger partial charge in [0.1, 0.15) is 6.04 Å². The van der Waals surface area contributed by atoms with Crippen LogP contribution in [0.25, 0.3) is 0 Å². The van der Waals surface area contributed by atoms with Crippen molar-refractivity contribution in [2.24, 2.45) is 5.92 Å². The van der Waals surface area contributed by atoms with Crippen LogP contribution in [0.2, 0.25) is 0 Å². The summed E-state index contributed by atoms with van der Waals surface area (Å²) in [6.45, 7) is 3.67. The van der Waals surface area contributed by atoms with E-state index in [0.29, 0.717) is 12.5 Å². The van der Waals surface area contributed by atoms with E-state index in [1.54, 1.807) is 0 Å². The summed E-state index contributed by atoms with van der Waals surface area (Å²) in [7, 11) is 1.92. The third-order valence-corrected chi connectivity index (χ3v) is 3.53. The van der Waals surface area contributed by atoms with E-state index in [-0.39, 0.29) is 18.4 Å². The maximum atomic E-state index is 12.6. The minimum absolute atomic E-state index is 0.0274. The molecule has 0 aromatic heterocycles. The summed E-state index contributed by atoms with van der Waals surface area (Å²) in [4.78, 5) is 16.4. The Kier molecular flexibility index (Phi) is 4.18. The number of rotatable bonds is 2. The van der Waals surface area contributed by atoms with Crippen molar-refractivity contribution in [3.8, 4) is 6.07 Å². The molecule has 19 heavy (non-hydrogen) atoms. The lowest BCUT2D eigenvalue weighted by molar-refractivity contribution is -0.122. The van der Waals surface area contributed by atoms with Gasteiger partial charge >= 0.3 is 0 Å². The first-order valence-corrected chi connectivity index (χ1v) is 6.57. The molecular weight excluding hydrogens is 238 g/mol. The van der Waals surface area contributed by atoms with Crippen LogP contribution in [0.15, 0.2) is 30.3 Å². The van der Waals surface area contributed by atoms with Gasteiger partial charge in [0.15, 0.2) is 0 Å². The van der Waals surface area contributed by atoms with Crippen molar-refractivity contribution in [3.05, 3.63) is 30.3 Å². The molecule has 1 fully saturated rings. The fourth-order valence-corrected chi connectivity index (χ4v) is 2.62. The topological polar surface area (TPSA) is 47.3 Å². The van der Waals surface area contributed by atoms with Gasteiger partial charge in [-0.1, -0.05) is 25.1 Å². The van der Waals surface area contributed by atoms with E-state index in [2.05, 4.69) is 13.0 Å². The van der Waals surface area contributed by atoms with Gasteiger partial charge in [-0.3, -0.25) is 9.69 Å². The molecule has 1 amide bonds. The van der Waals surface area contributed by atoms with Crippen LogP contribution >= 0.6 is 0 Å². The average Bonchev–Trinajstić information content (AvgIpc) is 2.51. The second-order valence-electron chi connectivity index (χ2n) is 5.21. The first-order chi connectivity index (χ1) is 9.13. The molecule has 1 aliphatic heterocycles. The van der Waals surface area contributed by atoms with Crippen LogP contribution in [0.5, 0.6) is 0 Å². The highest BCUT2D eigenvalue weighted by molar-refractivity contribution is 5.97. The average molecular weight is 257 g/mol. The molecule has 0 spiro atoms. The number of nitriles is 1. The molecule has 1 saturated heterocycles. The summed E-state index contributed by atoms with van der Waals surface area (Å²) in [5, 5.41) is 8.92. The molecule has 0 saturated carbocycles. The minimum Gasteiger partial charge on any atom is -0.311 e. The van der Waals surface area contributed by atoms with Crippen LogP contribution in [0.3, 0.4) is 0 Å². The predicted octanol–water partition coefficient (Wildman–Crippen LogP) is 1.88. The number of hydrogen-bond acceptors (Lipinski definition) is 3. The van der Waals surface area contributed by atoms with Crippen molar-refractivity contribution in [2.45, 2.75) is 19.4 Å². The van der Waals surface area contributed by atoms with E-state index in [4.69, 9.17) is 5.26 Å². The number of carbonyl (C=O) groups excluding carboxylic acids is 1. The standard InChI is InChI=1S/C15H19N3O/c1-12-10-17(2)14(8-9-16)15(19)18(11-12)13-6-4-3-5-7-13/h3-7,12,14H,8,10-11H2,1-2H3. The first-order valence-electron chi connectivity index (χ1n) is 6.57. The highest BCUT2D eigenvalue weighted by Crippen LogP contribution is 2.22. The fourth-order valence-electron chi connectivity index (χ4n) is 2.62. The number of anilines is 1. The molecule has 2 unspecified atom stereocenters. The number of benzene rings is 1. The van der Waals surface area contributed by atoms with Gasteiger partial charge in [0, 0.05) is 18.8 Å². The van der Waals surface area contributed by atoms with E-state index in [1.807, 2.05) is 47.2 Å². The zero-order chi connectivity index (χ0) is 13.8. The third kappa shape index (κ3) is 2.94.